The van der Waals surface area contributed by atoms with E-state index in [0.29, 0.717) is 23.8 Å². The summed E-state index contributed by atoms with van der Waals surface area (Å²) in [5.41, 5.74) is 2.87. The van der Waals surface area contributed by atoms with Crippen LogP contribution in [0.25, 0.3) is 6.08 Å². The molecule has 0 aliphatic heterocycles. The van der Waals surface area contributed by atoms with E-state index >= 15 is 0 Å². The molecule has 2 rings (SSSR count). The number of hydrogen-bond donors (Lipinski definition) is 3. The maximum absolute atomic E-state index is 12.3. The molecule has 2 aromatic rings. The van der Waals surface area contributed by atoms with E-state index in [1.165, 1.54) is 6.08 Å². The Kier molecular flexibility index (Phi) is 8.24. The van der Waals surface area contributed by atoms with Crippen molar-refractivity contribution >= 4 is 17.9 Å². The van der Waals surface area contributed by atoms with E-state index in [1.54, 1.807) is 35.8 Å². The largest absolute Gasteiger partial charge is 0.491 e. The first-order valence-electron chi connectivity index (χ1n) is 9.19. The summed E-state index contributed by atoms with van der Waals surface area (Å²) >= 11 is 0. The van der Waals surface area contributed by atoms with Gasteiger partial charge in [0, 0.05) is 11.6 Å². The van der Waals surface area contributed by atoms with Crippen LogP contribution in [0.1, 0.15) is 36.2 Å². The molecule has 3 N–H and O–H groups in total. The van der Waals surface area contributed by atoms with Gasteiger partial charge in [0.25, 0.3) is 5.91 Å². The number of carbonyl (C=O) groups excluding carboxylic acids is 2. The van der Waals surface area contributed by atoms with Crippen molar-refractivity contribution in [3.8, 4) is 5.75 Å². The van der Waals surface area contributed by atoms with Crippen molar-refractivity contribution < 1.29 is 19.5 Å². The first-order valence-corrected chi connectivity index (χ1v) is 9.19. The van der Waals surface area contributed by atoms with Crippen LogP contribution in [0.4, 0.5) is 0 Å². The predicted octanol–water partition coefficient (Wildman–Crippen LogP) is 3.43. The van der Waals surface area contributed by atoms with E-state index in [-0.39, 0.29) is 11.9 Å². The Bertz CT molecular complexity index is 786. The first-order chi connectivity index (χ1) is 13.5. The Morgan fingerprint density at radius 1 is 1.07 bits per heavy atom. The fourth-order valence-corrected chi connectivity index (χ4v) is 2.69. The lowest BCUT2D eigenvalue weighted by Crippen LogP contribution is -2.39. The number of hydroxylamine groups is 1. The van der Waals surface area contributed by atoms with Gasteiger partial charge in [-0.25, -0.2) is 5.48 Å². The van der Waals surface area contributed by atoms with Crippen molar-refractivity contribution in [3.63, 3.8) is 0 Å². The van der Waals surface area contributed by atoms with E-state index in [0.717, 1.165) is 12.0 Å². The van der Waals surface area contributed by atoms with Gasteiger partial charge in [-0.2, -0.15) is 0 Å². The van der Waals surface area contributed by atoms with Crippen LogP contribution in [-0.2, 0) is 4.79 Å². The molecule has 28 heavy (non-hydrogen) atoms. The number of benzene rings is 2. The number of amides is 2. The fourth-order valence-electron chi connectivity index (χ4n) is 2.69. The van der Waals surface area contributed by atoms with Crippen molar-refractivity contribution in [1.82, 2.24) is 10.8 Å². The maximum atomic E-state index is 12.3. The maximum Gasteiger partial charge on any atom is 0.274 e. The molecule has 0 aliphatic carbocycles. The number of carbonyl (C=O) groups is 2. The summed E-state index contributed by atoms with van der Waals surface area (Å²) in [7, 11) is 0. The molecule has 0 saturated heterocycles. The van der Waals surface area contributed by atoms with Crippen LogP contribution in [0.15, 0.2) is 60.7 Å². The second kappa shape index (κ2) is 10.9. The van der Waals surface area contributed by atoms with Gasteiger partial charge in [0.15, 0.2) is 0 Å². The summed E-state index contributed by atoms with van der Waals surface area (Å²) in [5.74, 6) is 0.217. The average Bonchev–Trinajstić information content (AvgIpc) is 2.70. The zero-order chi connectivity index (χ0) is 20.4. The highest BCUT2D eigenvalue weighted by Gasteiger charge is 2.14. The van der Waals surface area contributed by atoms with Gasteiger partial charge in [-0.1, -0.05) is 44.2 Å². The van der Waals surface area contributed by atoms with Crippen LogP contribution in [0, 0.1) is 5.92 Å². The van der Waals surface area contributed by atoms with Crippen LogP contribution in [0.2, 0.25) is 0 Å². The molecule has 0 unspecified atom stereocenters. The lowest BCUT2D eigenvalue weighted by molar-refractivity contribution is -0.117. The van der Waals surface area contributed by atoms with Gasteiger partial charge >= 0.3 is 0 Å². The van der Waals surface area contributed by atoms with Gasteiger partial charge in [-0.15, -0.1) is 0 Å². The number of hydrogen-bond acceptors (Lipinski definition) is 4. The van der Waals surface area contributed by atoms with E-state index in [1.807, 2.05) is 30.3 Å². The van der Waals surface area contributed by atoms with Crippen molar-refractivity contribution in [2.75, 3.05) is 6.61 Å². The standard InChI is InChI=1S/C22H26N2O4/c1-16(2)14-19(23-21(25)13-8-17-6-4-3-5-7-17)15-28-20-11-9-18(10-12-20)22(26)24-27/h3-13,16,19,27H,14-15H2,1-2H3,(H,23,25)(H,24,26)/t19-/m1/s1. The number of ether oxygens (including phenoxy) is 1. The molecular formula is C22H26N2O4. The molecule has 0 aliphatic rings. The molecule has 0 spiro atoms. The Hall–Kier alpha value is -3.12. The molecule has 148 valence electrons. The summed E-state index contributed by atoms with van der Waals surface area (Å²) in [6.45, 7) is 4.48. The Labute approximate surface area is 165 Å². The minimum atomic E-state index is -0.582. The van der Waals surface area contributed by atoms with Gasteiger partial charge in [-0.05, 0) is 48.2 Å². The third kappa shape index (κ3) is 7.25. The van der Waals surface area contributed by atoms with Crippen LogP contribution < -0.4 is 15.5 Å². The highest BCUT2D eigenvalue weighted by Crippen LogP contribution is 2.14. The fraction of sp³-hybridized carbons (Fsp3) is 0.273. The minimum absolute atomic E-state index is 0.145. The minimum Gasteiger partial charge on any atom is -0.491 e. The third-order valence-corrected chi connectivity index (χ3v) is 4.00. The van der Waals surface area contributed by atoms with Crippen LogP contribution in [-0.4, -0.2) is 29.7 Å². The molecule has 6 heteroatoms. The number of rotatable bonds is 9. The highest BCUT2D eigenvalue weighted by molar-refractivity contribution is 5.93. The number of nitrogens with one attached hydrogen (secondary N) is 2. The molecule has 6 nitrogen and oxygen atoms in total. The second-order valence-electron chi connectivity index (χ2n) is 6.86. The van der Waals surface area contributed by atoms with Gasteiger partial charge in [0.2, 0.25) is 5.91 Å². The van der Waals surface area contributed by atoms with Crippen LogP contribution in [0.3, 0.4) is 0 Å². The van der Waals surface area contributed by atoms with Crippen molar-refractivity contribution in [2.24, 2.45) is 5.92 Å². The quantitative estimate of drug-likeness (QED) is 0.352. The zero-order valence-electron chi connectivity index (χ0n) is 16.1. The molecule has 0 bridgehead atoms. The molecule has 0 saturated carbocycles. The SMILES string of the molecule is CC(C)C[C@H](COc1ccc(C(=O)NO)cc1)NC(=O)C=Cc1ccccc1. The Morgan fingerprint density at radius 3 is 2.36 bits per heavy atom. The van der Waals surface area contributed by atoms with E-state index in [9.17, 15) is 9.59 Å². The highest BCUT2D eigenvalue weighted by atomic mass is 16.5. The Balaban J connectivity index is 1.92. The van der Waals surface area contributed by atoms with E-state index in [4.69, 9.17) is 9.94 Å². The Morgan fingerprint density at radius 2 is 1.75 bits per heavy atom. The average molecular weight is 382 g/mol. The topological polar surface area (TPSA) is 87.7 Å². The molecule has 0 heterocycles. The van der Waals surface area contributed by atoms with Gasteiger partial charge in [0.05, 0.1) is 6.04 Å². The first kappa shape index (κ1) is 21.2. The van der Waals surface area contributed by atoms with Crippen molar-refractivity contribution in [3.05, 3.63) is 71.8 Å². The second-order valence-corrected chi connectivity index (χ2v) is 6.86. The van der Waals surface area contributed by atoms with E-state index < -0.39 is 5.91 Å². The molecule has 0 radical (unpaired) electrons. The van der Waals surface area contributed by atoms with Crippen molar-refractivity contribution in [2.45, 2.75) is 26.3 Å². The normalized spacial score (nSPS) is 12.0. The molecule has 0 aromatic heterocycles. The summed E-state index contributed by atoms with van der Waals surface area (Å²) in [5, 5.41) is 11.6. The molecular weight excluding hydrogens is 356 g/mol. The van der Waals surface area contributed by atoms with E-state index in [2.05, 4.69) is 19.2 Å². The molecule has 1 atom stereocenters. The smallest absolute Gasteiger partial charge is 0.274 e. The molecule has 2 amide bonds. The van der Waals surface area contributed by atoms with Gasteiger partial charge < -0.3 is 10.1 Å². The van der Waals surface area contributed by atoms with Gasteiger partial charge in [0.1, 0.15) is 12.4 Å². The van der Waals surface area contributed by atoms with Crippen LogP contribution >= 0.6 is 0 Å². The third-order valence-electron chi connectivity index (χ3n) is 4.00. The zero-order valence-corrected chi connectivity index (χ0v) is 16.1. The van der Waals surface area contributed by atoms with Crippen molar-refractivity contribution in [1.29, 1.82) is 0 Å². The lowest BCUT2D eigenvalue weighted by atomic mass is 10.0. The summed E-state index contributed by atoms with van der Waals surface area (Å²) in [6, 6.07) is 15.9. The monoisotopic (exact) mass is 382 g/mol. The summed E-state index contributed by atoms with van der Waals surface area (Å²) in [4.78, 5) is 23.6. The summed E-state index contributed by atoms with van der Waals surface area (Å²) < 4.78 is 5.77. The summed E-state index contributed by atoms with van der Waals surface area (Å²) in [6.07, 6.45) is 4.06. The molecule has 0 fully saturated rings. The van der Waals surface area contributed by atoms with Gasteiger partial charge in [-0.3, -0.25) is 14.8 Å². The van der Waals surface area contributed by atoms with Crippen LogP contribution in [0.5, 0.6) is 5.75 Å². The predicted molar refractivity (Wildman–Crippen MR) is 108 cm³/mol. The molecule has 2 aromatic carbocycles. The lowest BCUT2D eigenvalue weighted by Gasteiger charge is -2.20.